The lowest BCUT2D eigenvalue weighted by atomic mass is 9.97. The van der Waals surface area contributed by atoms with Gasteiger partial charge in [0, 0.05) is 13.1 Å². The molecule has 2 rings (SSSR count). The van der Waals surface area contributed by atoms with E-state index in [1.807, 2.05) is 30.3 Å². The maximum absolute atomic E-state index is 12.2. The molecule has 1 fully saturated rings. The highest BCUT2D eigenvalue weighted by atomic mass is 16.2. The zero-order chi connectivity index (χ0) is 13.7. The molecule has 2 amide bonds. The highest BCUT2D eigenvalue weighted by Crippen LogP contribution is 2.17. The Morgan fingerprint density at radius 1 is 1.32 bits per heavy atom. The Labute approximate surface area is 112 Å². The standard InChI is InChI=1S/C14H19N3O2/c15-16-14(19)12-7-4-8-17(10-12)13(18)9-11-5-2-1-3-6-11/h1-3,5-6,12H,4,7-10,15H2,(H,16,19). The smallest absolute Gasteiger partial charge is 0.238 e. The summed E-state index contributed by atoms with van der Waals surface area (Å²) in [7, 11) is 0. The van der Waals surface area contributed by atoms with Gasteiger partial charge in [-0.2, -0.15) is 0 Å². The van der Waals surface area contributed by atoms with Crippen molar-refractivity contribution in [2.24, 2.45) is 11.8 Å². The molecule has 1 aliphatic heterocycles. The Morgan fingerprint density at radius 3 is 2.74 bits per heavy atom. The predicted octanol–water partition coefficient (Wildman–Crippen LogP) is 0.458. The van der Waals surface area contributed by atoms with E-state index in [-0.39, 0.29) is 17.7 Å². The minimum atomic E-state index is -0.183. The summed E-state index contributed by atoms with van der Waals surface area (Å²) in [6.45, 7) is 1.19. The average Bonchev–Trinajstić information content (AvgIpc) is 2.47. The van der Waals surface area contributed by atoms with E-state index < -0.39 is 0 Å². The van der Waals surface area contributed by atoms with Gasteiger partial charge in [-0.25, -0.2) is 5.84 Å². The molecule has 1 aromatic rings. The van der Waals surface area contributed by atoms with Gasteiger partial charge in [-0.15, -0.1) is 0 Å². The zero-order valence-corrected chi connectivity index (χ0v) is 10.8. The van der Waals surface area contributed by atoms with Gasteiger partial charge in [-0.1, -0.05) is 30.3 Å². The van der Waals surface area contributed by atoms with Crippen molar-refractivity contribution < 1.29 is 9.59 Å². The molecule has 1 aliphatic rings. The fraction of sp³-hybridized carbons (Fsp3) is 0.429. The number of carbonyl (C=O) groups excluding carboxylic acids is 2. The van der Waals surface area contributed by atoms with Gasteiger partial charge in [0.15, 0.2) is 0 Å². The van der Waals surface area contributed by atoms with Gasteiger partial charge in [0.1, 0.15) is 0 Å². The van der Waals surface area contributed by atoms with Crippen LogP contribution in [0, 0.1) is 5.92 Å². The lowest BCUT2D eigenvalue weighted by molar-refractivity contribution is -0.135. The molecule has 102 valence electrons. The van der Waals surface area contributed by atoms with Crippen molar-refractivity contribution in [3.05, 3.63) is 35.9 Å². The zero-order valence-electron chi connectivity index (χ0n) is 10.8. The van der Waals surface area contributed by atoms with Crippen LogP contribution in [0.25, 0.3) is 0 Å². The van der Waals surface area contributed by atoms with Gasteiger partial charge in [0.2, 0.25) is 11.8 Å². The Kier molecular flexibility index (Phi) is 4.52. The number of benzene rings is 1. The van der Waals surface area contributed by atoms with Crippen LogP contribution in [0.2, 0.25) is 0 Å². The van der Waals surface area contributed by atoms with Crippen LogP contribution in [0.3, 0.4) is 0 Å². The highest BCUT2D eigenvalue weighted by Gasteiger charge is 2.27. The van der Waals surface area contributed by atoms with Gasteiger partial charge in [-0.3, -0.25) is 15.0 Å². The Hall–Kier alpha value is -1.88. The number of nitrogens with two attached hydrogens (primary N) is 1. The molecule has 0 bridgehead atoms. The van der Waals surface area contributed by atoms with E-state index >= 15 is 0 Å². The summed E-state index contributed by atoms with van der Waals surface area (Å²) in [5.41, 5.74) is 3.17. The first-order chi connectivity index (χ1) is 9.20. The van der Waals surface area contributed by atoms with Crippen molar-refractivity contribution in [2.45, 2.75) is 19.3 Å². The first-order valence-corrected chi connectivity index (χ1v) is 6.53. The van der Waals surface area contributed by atoms with Crippen LogP contribution >= 0.6 is 0 Å². The van der Waals surface area contributed by atoms with Crippen LogP contribution in [-0.2, 0) is 16.0 Å². The van der Waals surface area contributed by atoms with Crippen molar-refractivity contribution in [1.82, 2.24) is 10.3 Å². The van der Waals surface area contributed by atoms with Crippen molar-refractivity contribution in [3.63, 3.8) is 0 Å². The van der Waals surface area contributed by atoms with Crippen molar-refractivity contribution in [3.8, 4) is 0 Å². The quantitative estimate of drug-likeness (QED) is 0.471. The summed E-state index contributed by atoms with van der Waals surface area (Å²) >= 11 is 0. The van der Waals surface area contributed by atoms with E-state index in [0.29, 0.717) is 13.0 Å². The second kappa shape index (κ2) is 6.33. The van der Waals surface area contributed by atoms with Crippen LogP contribution in [0.1, 0.15) is 18.4 Å². The van der Waals surface area contributed by atoms with Gasteiger partial charge < -0.3 is 4.90 Å². The van der Waals surface area contributed by atoms with Gasteiger partial charge in [-0.05, 0) is 18.4 Å². The number of hydrogen-bond donors (Lipinski definition) is 2. The number of amides is 2. The fourth-order valence-electron chi connectivity index (χ4n) is 2.42. The molecule has 3 N–H and O–H groups in total. The SMILES string of the molecule is NNC(=O)C1CCCN(C(=O)Cc2ccccc2)C1. The van der Waals surface area contributed by atoms with Crippen LogP contribution in [0.5, 0.6) is 0 Å². The third-order valence-corrected chi connectivity index (χ3v) is 3.49. The van der Waals surface area contributed by atoms with Crippen molar-refractivity contribution >= 4 is 11.8 Å². The number of nitrogens with one attached hydrogen (secondary N) is 1. The van der Waals surface area contributed by atoms with E-state index in [9.17, 15) is 9.59 Å². The number of piperidine rings is 1. The average molecular weight is 261 g/mol. The molecular weight excluding hydrogens is 242 g/mol. The maximum Gasteiger partial charge on any atom is 0.238 e. The number of rotatable bonds is 3. The minimum Gasteiger partial charge on any atom is -0.342 e. The number of nitrogens with zero attached hydrogens (tertiary/aromatic N) is 1. The first-order valence-electron chi connectivity index (χ1n) is 6.53. The number of likely N-dealkylation sites (tertiary alicyclic amines) is 1. The predicted molar refractivity (Wildman–Crippen MR) is 71.8 cm³/mol. The van der Waals surface area contributed by atoms with Gasteiger partial charge >= 0.3 is 0 Å². The Balaban J connectivity index is 1.94. The largest absolute Gasteiger partial charge is 0.342 e. The molecule has 5 nitrogen and oxygen atoms in total. The second-order valence-electron chi connectivity index (χ2n) is 4.85. The monoisotopic (exact) mass is 261 g/mol. The van der Waals surface area contributed by atoms with Crippen molar-refractivity contribution in [1.29, 1.82) is 0 Å². The number of carbonyl (C=O) groups is 2. The molecule has 1 heterocycles. The molecule has 0 radical (unpaired) electrons. The lowest BCUT2D eigenvalue weighted by Crippen LogP contribution is -2.47. The normalized spacial score (nSPS) is 19.0. The van der Waals surface area contributed by atoms with Crippen LogP contribution < -0.4 is 11.3 Å². The van der Waals surface area contributed by atoms with Gasteiger partial charge in [0.25, 0.3) is 0 Å². The first kappa shape index (κ1) is 13.5. The molecule has 19 heavy (non-hydrogen) atoms. The molecule has 5 heteroatoms. The molecule has 0 spiro atoms. The van der Waals surface area contributed by atoms with Crippen LogP contribution in [0.4, 0.5) is 0 Å². The highest BCUT2D eigenvalue weighted by molar-refractivity contribution is 5.82. The molecule has 1 saturated heterocycles. The summed E-state index contributed by atoms with van der Waals surface area (Å²) in [6, 6.07) is 9.64. The molecular formula is C14H19N3O2. The van der Waals surface area contributed by atoms with Crippen LogP contribution in [0.15, 0.2) is 30.3 Å². The van der Waals surface area contributed by atoms with Gasteiger partial charge in [0.05, 0.1) is 12.3 Å². The molecule has 0 aliphatic carbocycles. The molecule has 1 unspecified atom stereocenters. The summed E-state index contributed by atoms with van der Waals surface area (Å²) in [5, 5.41) is 0. The van der Waals surface area contributed by atoms with E-state index in [2.05, 4.69) is 5.43 Å². The molecule has 0 saturated carbocycles. The minimum absolute atomic E-state index is 0.0701. The number of hydrazine groups is 1. The molecule has 1 aromatic carbocycles. The van der Waals surface area contributed by atoms with E-state index in [0.717, 1.165) is 24.9 Å². The lowest BCUT2D eigenvalue weighted by Gasteiger charge is -2.31. The van der Waals surface area contributed by atoms with E-state index in [4.69, 9.17) is 5.84 Å². The number of hydrogen-bond acceptors (Lipinski definition) is 3. The topological polar surface area (TPSA) is 75.4 Å². The second-order valence-corrected chi connectivity index (χ2v) is 4.85. The van der Waals surface area contributed by atoms with Crippen LogP contribution in [-0.4, -0.2) is 29.8 Å². The summed E-state index contributed by atoms with van der Waals surface area (Å²) in [4.78, 5) is 25.5. The Morgan fingerprint density at radius 2 is 2.05 bits per heavy atom. The third kappa shape index (κ3) is 3.54. The molecule has 1 atom stereocenters. The fourth-order valence-corrected chi connectivity index (χ4v) is 2.42. The van der Waals surface area contributed by atoms with E-state index in [1.165, 1.54) is 0 Å². The molecule has 0 aromatic heterocycles. The summed E-state index contributed by atoms with van der Waals surface area (Å²) in [5.74, 6) is 4.85. The third-order valence-electron chi connectivity index (χ3n) is 3.49. The summed E-state index contributed by atoms with van der Waals surface area (Å²) in [6.07, 6.45) is 2.02. The summed E-state index contributed by atoms with van der Waals surface area (Å²) < 4.78 is 0. The van der Waals surface area contributed by atoms with E-state index in [1.54, 1.807) is 4.90 Å². The van der Waals surface area contributed by atoms with Crippen molar-refractivity contribution in [2.75, 3.05) is 13.1 Å². The Bertz CT molecular complexity index is 447. The maximum atomic E-state index is 12.2.